The molecule has 1 N–H and O–H groups in total. The van der Waals surface area contributed by atoms with Gasteiger partial charge in [0, 0.05) is 6.61 Å². The first kappa shape index (κ1) is 22.8. The summed E-state index contributed by atoms with van der Waals surface area (Å²) >= 11 is 0. The molecule has 0 rings (SSSR count). The lowest BCUT2D eigenvalue weighted by Gasteiger charge is -2.11. The van der Waals surface area contributed by atoms with Crippen LogP contribution in [0.25, 0.3) is 0 Å². The summed E-state index contributed by atoms with van der Waals surface area (Å²) in [6, 6.07) is 0. The molecule has 0 heterocycles. The van der Waals surface area contributed by atoms with E-state index in [0.717, 1.165) is 18.9 Å². The van der Waals surface area contributed by atoms with Gasteiger partial charge in [-0.1, -0.05) is 46.0 Å². The molecule has 0 aliphatic heterocycles. The predicted octanol–water partition coefficient (Wildman–Crippen LogP) is 3.04. The smallest absolute Gasteiger partial charge is 0.0701 e. The summed E-state index contributed by atoms with van der Waals surface area (Å²) in [4.78, 5) is 0. The average molecular weight is 334 g/mol. The Labute approximate surface area is 142 Å². The van der Waals surface area contributed by atoms with Crippen LogP contribution in [0, 0.1) is 5.92 Å². The molecule has 140 valence electrons. The summed E-state index contributed by atoms with van der Waals surface area (Å²) in [6.45, 7) is 9.29. The Balaban J connectivity index is 3.07. The molecule has 0 spiro atoms. The molecule has 0 fully saturated rings. The van der Waals surface area contributed by atoms with E-state index in [9.17, 15) is 0 Å². The number of aliphatic hydroxyl groups is 1. The van der Waals surface area contributed by atoms with E-state index in [-0.39, 0.29) is 6.61 Å². The van der Waals surface area contributed by atoms with Gasteiger partial charge in [0.15, 0.2) is 0 Å². The zero-order valence-electron chi connectivity index (χ0n) is 15.3. The Morgan fingerprint density at radius 1 is 0.652 bits per heavy atom. The standard InChI is InChI=1S/C18H38O5/c1-3-4-5-6-7-18(2)8-10-20-12-14-22-16-17-23-15-13-21-11-9-19/h18-19H,3-17H2,1-2H3. The highest BCUT2D eigenvalue weighted by molar-refractivity contribution is 4.53. The lowest BCUT2D eigenvalue weighted by atomic mass is 10.00. The Morgan fingerprint density at radius 2 is 1.17 bits per heavy atom. The minimum Gasteiger partial charge on any atom is -0.394 e. The molecule has 0 aliphatic rings. The fourth-order valence-electron chi connectivity index (χ4n) is 2.17. The average Bonchev–Trinajstić information content (AvgIpc) is 2.56. The molecule has 0 aromatic carbocycles. The van der Waals surface area contributed by atoms with Gasteiger partial charge in [-0.2, -0.15) is 0 Å². The maximum atomic E-state index is 8.52. The summed E-state index contributed by atoms with van der Waals surface area (Å²) in [5, 5.41) is 8.52. The van der Waals surface area contributed by atoms with Crippen LogP contribution in [0.3, 0.4) is 0 Å². The quantitative estimate of drug-likeness (QED) is 0.368. The van der Waals surface area contributed by atoms with E-state index in [4.69, 9.17) is 24.1 Å². The van der Waals surface area contributed by atoms with E-state index in [2.05, 4.69) is 13.8 Å². The number of unbranched alkanes of at least 4 members (excludes halogenated alkanes) is 3. The van der Waals surface area contributed by atoms with Gasteiger partial charge in [0.2, 0.25) is 0 Å². The first-order chi connectivity index (χ1) is 11.3. The van der Waals surface area contributed by atoms with Crippen molar-refractivity contribution >= 4 is 0 Å². The molecule has 0 aliphatic carbocycles. The number of hydrogen-bond acceptors (Lipinski definition) is 5. The summed E-state index contributed by atoms with van der Waals surface area (Å²) in [5.41, 5.74) is 0. The van der Waals surface area contributed by atoms with Gasteiger partial charge in [-0.15, -0.1) is 0 Å². The molecular formula is C18H38O5. The van der Waals surface area contributed by atoms with Crippen LogP contribution in [-0.2, 0) is 18.9 Å². The van der Waals surface area contributed by atoms with Crippen molar-refractivity contribution in [3.05, 3.63) is 0 Å². The molecular weight excluding hydrogens is 296 g/mol. The molecule has 0 saturated carbocycles. The highest BCUT2D eigenvalue weighted by atomic mass is 16.6. The number of rotatable bonds is 19. The van der Waals surface area contributed by atoms with Gasteiger partial charge < -0.3 is 24.1 Å². The van der Waals surface area contributed by atoms with Crippen LogP contribution in [0.15, 0.2) is 0 Å². The molecule has 0 bridgehead atoms. The van der Waals surface area contributed by atoms with Gasteiger partial charge in [-0.25, -0.2) is 0 Å². The highest BCUT2D eigenvalue weighted by Crippen LogP contribution is 2.13. The number of ether oxygens (including phenoxy) is 4. The van der Waals surface area contributed by atoms with Crippen molar-refractivity contribution in [2.24, 2.45) is 5.92 Å². The second-order valence-corrected chi connectivity index (χ2v) is 5.92. The van der Waals surface area contributed by atoms with Crippen LogP contribution < -0.4 is 0 Å². The maximum absolute atomic E-state index is 8.52. The first-order valence-electron chi connectivity index (χ1n) is 9.23. The Hall–Kier alpha value is -0.200. The third-order valence-corrected chi connectivity index (χ3v) is 3.66. The third-order valence-electron chi connectivity index (χ3n) is 3.66. The van der Waals surface area contributed by atoms with Gasteiger partial charge in [0.05, 0.1) is 52.9 Å². The minimum atomic E-state index is 0.0563. The maximum Gasteiger partial charge on any atom is 0.0701 e. The van der Waals surface area contributed by atoms with Crippen molar-refractivity contribution in [2.45, 2.75) is 52.4 Å². The topological polar surface area (TPSA) is 57.2 Å². The van der Waals surface area contributed by atoms with Crippen LogP contribution in [0.1, 0.15) is 52.4 Å². The molecule has 5 nitrogen and oxygen atoms in total. The molecule has 0 aromatic heterocycles. The van der Waals surface area contributed by atoms with Crippen molar-refractivity contribution in [3.63, 3.8) is 0 Å². The van der Waals surface area contributed by atoms with Crippen molar-refractivity contribution in [3.8, 4) is 0 Å². The van der Waals surface area contributed by atoms with Crippen molar-refractivity contribution in [1.82, 2.24) is 0 Å². The fraction of sp³-hybridized carbons (Fsp3) is 1.00. The van der Waals surface area contributed by atoms with Crippen molar-refractivity contribution < 1.29 is 24.1 Å². The van der Waals surface area contributed by atoms with Crippen LogP contribution in [-0.4, -0.2) is 64.6 Å². The van der Waals surface area contributed by atoms with E-state index in [1.807, 2.05) is 0 Å². The lowest BCUT2D eigenvalue weighted by Crippen LogP contribution is -2.13. The Kier molecular flexibility index (Phi) is 19.7. The van der Waals surface area contributed by atoms with Gasteiger partial charge in [-0.05, 0) is 12.3 Å². The Bertz CT molecular complexity index is 214. The van der Waals surface area contributed by atoms with E-state index >= 15 is 0 Å². The summed E-state index contributed by atoms with van der Waals surface area (Å²) in [7, 11) is 0. The van der Waals surface area contributed by atoms with Crippen LogP contribution >= 0.6 is 0 Å². The zero-order valence-corrected chi connectivity index (χ0v) is 15.3. The molecule has 0 saturated heterocycles. The first-order valence-corrected chi connectivity index (χ1v) is 9.23. The van der Waals surface area contributed by atoms with E-state index < -0.39 is 0 Å². The normalized spacial score (nSPS) is 12.7. The van der Waals surface area contributed by atoms with Crippen LogP contribution in [0.2, 0.25) is 0 Å². The summed E-state index contributed by atoms with van der Waals surface area (Å²) in [5.74, 6) is 0.759. The minimum absolute atomic E-state index is 0.0563. The summed E-state index contributed by atoms with van der Waals surface area (Å²) in [6.07, 6.45) is 7.84. The fourth-order valence-corrected chi connectivity index (χ4v) is 2.17. The second kappa shape index (κ2) is 19.8. The molecule has 0 aromatic rings. The molecule has 1 atom stereocenters. The van der Waals surface area contributed by atoms with Gasteiger partial charge in [0.1, 0.15) is 0 Å². The van der Waals surface area contributed by atoms with E-state index in [0.29, 0.717) is 46.2 Å². The SMILES string of the molecule is CCCCCCC(C)CCOCCOCCOCCOCCO. The van der Waals surface area contributed by atoms with Gasteiger partial charge in [-0.3, -0.25) is 0 Å². The van der Waals surface area contributed by atoms with Crippen LogP contribution in [0.5, 0.6) is 0 Å². The molecule has 5 heteroatoms. The largest absolute Gasteiger partial charge is 0.394 e. The van der Waals surface area contributed by atoms with E-state index in [1.165, 1.54) is 32.1 Å². The predicted molar refractivity (Wildman–Crippen MR) is 92.9 cm³/mol. The van der Waals surface area contributed by atoms with Crippen molar-refractivity contribution in [2.75, 3.05) is 59.5 Å². The molecule has 0 amide bonds. The van der Waals surface area contributed by atoms with Gasteiger partial charge >= 0.3 is 0 Å². The molecule has 23 heavy (non-hydrogen) atoms. The number of hydrogen-bond donors (Lipinski definition) is 1. The van der Waals surface area contributed by atoms with E-state index in [1.54, 1.807) is 0 Å². The highest BCUT2D eigenvalue weighted by Gasteiger charge is 2.02. The molecule has 0 radical (unpaired) electrons. The second-order valence-electron chi connectivity index (χ2n) is 5.92. The van der Waals surface area contributed by atoms with Gasteiger partial charge in [0.25, 0.3) is 0 Å². The van der Waals surface area contributed by atoms with Crippen molar-refractivity contribution in [1.29, 1.82) is 0 Å². The Morgan fingerprint density at radius 3 is 1.70 bits per heavy atom. The summed E-state index contributed by atoms with van der Waals surface area (Å²) < 4.78 is 21.4. The number of aliphatic hydroxyl groups excluding tert-OH is 1. The zero-order chi connectivity index (χ0) is 17.0. The lowest BCUT2D eigenvalue weighted by molar-refractivity contribution is -0.00643. The molecule has 1 unspecified atom stereocenters. The van der Waals surface area contributed by atoms with Crippen LogP contribution in [0.4, 0.5) is 0 Å². The third kappa shape index (κ3) is 19.8. The monoisotopic (exact) mass is 334 g/mol.